The van der Waals surface area contributed by atoms with Crippen LogP contribution in [0.4, 0.5) is 15.8 Å². The Labute approximate surface area is 185 Å². The quantitative estimate of drug-likeness (QED) is 0.626. The van der Waals surface area contributed by atoms with Crippen LogP contribution in [0.1, 0.15) is 21.5 Å². The standard InChI is InChI=1S/C25H22FN3O3/c1-17-7-12-20(15-22(17)26)27-23(30)19-10-8-18(9-11-19)16-28-13-14-29(25(32)24(28)31)21-5-3-2-4-6-21/h2-12,15H,13-14,16H2,1H3,(H,27,30). The molecule has 0 spiro atoms. The Morgan fingerprint density at radius 2 is 1.66 bits per heavy atom. The molecule has 1 N–H and O–H groups in total. The SMILES string of the molecule is Cc1ccc(NC(=O)c2ccc(CN3CCN(c4ccccc4)C(=O)C3=O)cc2)cc1F. The monoisotopic (exact) mass is 431 g/mol. The van der Waals surface area contributed by atoms with Gasteiger partial charge >= 0.3 is 11.8 Å². The molecule has 1 aliphatic rings. The maximum atomic E-state index is 13.7. The average Bonchev–Trinajstić information content (AvgIpc) is 2.80. The van der Waals surface area contributed by atoms with Crippen molar-refractivity contribution in [2.45, 2.75) is 13.5 Å². The predicted octanol–water partition coefficient (Wildman–Crippen LogP) is 3.76. The lowest BCUT2D eigenvalue weighted by molar-refractivity contribution is -0.146. The lowest BCUT2D eigenvalue weighted by atomic mass is 10.1. The molecule has 1 saturated heterocycles. The smallest absolute Gasteiger partial charge is 0.316 e. The first-order valence-electron chi connectivity index (χ1n) is 10.2. The summed E-state index contributed by atoms with van der Waals surface area (Å²) in [6.45, 7) is 2.76. The second kappa shape index (κ2) is 9.01. The van der Waals surface area contributed by atoms with Gasteiger partial charge in [0, 0.05) is 36.6 Å². The van der Waals surface area contributed by atoms with Crippen LogP contribution in [-0.4, -0.2) is 35.7 Å². The number of hydrogen-bond acceptors (Lipinski definition) is 3. The number of aryl methyl sites for hydroxylation is 1. The number of piperazine rings is 1. The van der Waals surface area contributed by atoms with Gasteiger partial charge in [0.25, 0.3) is 5.91 Å². The van der Waals surface area contributed by atoms with Crippen LogP contribution in [0.25, 0.3) is 0 Å². The van der Waals surface area contributed by atoms with E-state index in [1.165, 1.54) is 15.9 Å². The van der Waals surface area contributed by atoms with Crippen LogP contribution in [0, 0.1) is 12.7 Å². The Balaban J connectivity index is 1.38. The van der Waals surface area contributed by atoms with E-state index >= 15 is 0 Å². The van der Waals surface area contributed by atoms with Crippen molar-refractivity contribution in [3.63, 3.8) is 0 Å². The fourth-order valence-corrected chi connectivity index (χ4v) is 3.54. The molecule has 1 heterocycles. The average molecular weight is 431 g/mol. The van der Waals surface area contributed by atoms with Gasteiger partial charge in [-0.3, -0.25) is 14.4 Å². The van der Waals surface area contributed by atoms with Crippen LogP contribution in [0.3, 0.4) is 0 Å². The van der Waals surface area contributed by atoms with E-state index in [2.05, 4.69) is 5.32 Å². The zero-order chi connectivity index (χ0) is 22.7. The molecule has 1 fully saturated rings. The zero-order valence-corrected chi connectivity index (χ0v) is 17.5. The summed E-state index contributed by atoms with van der Waals surface area (Å²) in [6, 6.07) is 20.4. The van der Waals surface area contributed by atoms with Gasteiger partial charge in [-0.25, -0.2) is 4.39 Å². The van der Waals surface area contributed by atoms with Gasteiger partial charge < -0.3 is 15.1 Å². The number of carbonyl (C=O) groups is 3. The number of anilines is 2. The number of para-hydroxylation sites is 1. The summed E-state index contributed by atoms with van der Waals surface area (Å²) < 4.78 is 13.7. The molecule has 162 valence electrons. The Kier molecular flexibility index (Phi) is 5.98. The summed E-state index contributed by atoms with van der Waals surface area (Å²) in [7, 11) is 0. The fraction of sp³-hybridized carbons (Fsp3) is 0.160. The predicted molar refractivity (Wildman–Crippen MR) is 120 cm³/mol. The van der Waals surface area contributed by atoms with Gasteiger partial charge in [0.15, 0.2) is 0 Å². The van der Waals surface area contributed by atoms with E-state index in [1.54, 1.807) is 55.5 Å². The van der Waals surface area contributed by atoms with Gasteiger partial charge in [-0.15, -0.1) is 0 Å². The first-order chi connectivity index (χ1) is 15.4. The molecule has 7 heteroatoms. The topological polar surface area (TPSA) is 69.7 Å². The molecule has 0 radical (unpaired) electrons. The number of carbonyl (C=O) groups excluding carboxylic acids is 3. The third-order valence-corrected chi connectivity index (χ3v) is 5.40. The van der Waals surface area contributed by atoms with Gasteiger partial charge in [-0.1, -0.05) is 36.4 Å². The van der Waals surface area contributed by atoms with Crippen molar-refractivity contribution in [2.24, 2.45) is 0 Å². The molecule has 3 amide bonds. The highest BCUT2D eigenvalue weighted by Gasteiger charge is 2.33. The van der Waals surface area contributed by atoms with Crippen LogP contribution in [0.2, 0.25) is 0 Å². The molecule has 0 saturated carbocycles. The minimum Gasteiger partial charge on any atom is -0.328 e. The van der Waals surface area contributed by atoms with Crippen LogP contribution < -0.4 is 10.2 Å². The summed E-state index contributed by atoms with van der Waals surface area (Å²) >= 11 is 0. The summed E-state index contributed by atoms with van der Waals surface area (Å²) in [5.41, 5.74) is 2.80. The van der Waals surface area contributed by atoms with Gasteiger partial charge in [0.2, 0.25) is 0 Å². The Morgan fingerprint density at radius 1 is 0.938 bits per heavy atom. The number of benzene rings is 3. The van der Waals surface area contributed by atoms with Crippen molar-refractivity contribution in [3.8, 4) is 0 Å². The largest absolute Gasteiger partial charge is 0.328 e. The molecule has 4 rings (SSSR count). The van der Waals surface area contributed by atoms with E-state index in [1.807, 2.05) is 18.2 Å². The highest BCUT2D eigenvalue weighted by atomic mass is 19.1. The molecule has 0 aromatic heterocycles. The highest BCUT2D eigenvalue weighted by molar-refractivity contribution is 6.40. The first kappa shape index (κ1) is 21.2. The van der Waals surface area contributed by atoms with Gasteiger partial charge in [-0.2, -0.15) is 0 Å². The minimum atomic E-state index is -0.552. The third kappa shape index (κ3) is 4.51. The number of halogens is 1. The van der Waals surface area contributed by atoms with Crippen molar-refractivity contribution >= 4 is 29.1 Å². The van der Waals surface area contributed by atoms with Crippen molar-refractivity contribution in [1.82, 2.24) is 4.90 Å². The molecule has 3 aromatic carbocycles. The molecule has 32 heavy (non-hydrogen) atoms. The van der Waals surface area contributed by atoms with E-state index in [4.69, 9.17) is 0 Å². The number of amides is 3. The summed E-state index contributed by atoms with van der Waals surface area (Å²) in [5.74, 6) is -1.85. The molecule has 1 aliphatic heterocycles. The number of nitrogens with one attached hydrogen (secondary N) is 1. The normalized spacial score (nSPS) is 13.9. The van der Waals surface area contributed by atoms with Crippen LogP contribution in [0.15, 0.2) is 72.8 Å². The molecule has 0 bridgehead atoms. The van der Waals surface area contributed by atoms with Crippen LogP contribution in [-0.2, 0) is 16.1 Å². The maximum Gasteiger partial charge on any atom is 0.316 e. The molecule has 0 aliphatic carbocycles. The molecule has 3 aromatic rings. The second-order valence-electron chi connectivity index (χ2n) is 7.63. The maximum absolute atomic E-state index is 13.7. The van der Waals surface area contributed by atoms with Crippen molar-refractivity contribution < 1.29 is 18.8 Å². The van der Waals surface area contributed by atoms with E-state index in [0.29, 0.717) is 35.6 Å². The second-order valence-corrected chi connectivity index (χ2v) is 7.63. The molecule has 0 unspecified atom stereocenters. The Bertz CT molecular complexity index is 1160. The van der Waals surface area contributed by atoms with E-state index in [-0.39, 0.29) is 18.3 Å². The highest BCUT2D eigenvalue weighted by Crippen LogP contribution is 2.19. The lowest BCUT2D eigenvalue weighted by Gasteiger charge is -2.33. The van der Waals surface area contributed by atoms with E-state index in [0.717, 1.165) is 5.56 Å². The molecular weight excluding hydrogens is 409 g/mol. The Hall–Kier alpha value is -4.00. The summed E-state index contributed by atoms with van der Waals surface area (Å²) in [6.07, 6.45) is 0. The lowest BCUT2D eigenvalue weighted by Crippen LogP contribution is -2.54. The van der Waals surface area contributed by atoms with Gasteiger partial charge in [0.1, 0.15) is 5.82 Å². The molecule has 0 atom stereocenters. The minimum absolute atomic E-state index is 0.276. The van der Waals surface area contributed by atoms with Crippen molar-refractivity contribution in [1.29, 1.82) is 0 Å². The zero-order valence-electron chi connectivity index (χ0n) is 17.5. The summed E-state index contributed by atoms with van der Waals surface area (Å²) in [4.78, 5) is 40.5. The van der Waals surface area contributed by atoms with E-state index in [9.17, 15) is 18.8 Å². The first-order valence-corrected chi connectivity index (χ1v) is 10.2. The third-order valence-electron chi connectivity index (χ3n) is 5.40. The number of rotatable bonds is 5. The van der Waals surface area contributed by atoms with Crippen molar-refractivity contribution in [2.75, 3.05) is 23.3 Å². The number of nitrogens with zero attached hydrogens (tertiary/aromatic N) is 2. The molecular formula is C25H22FN3O3. The molecule has 6 nitrogen and oxygen atoms in total. The Morgan fingerprint density at radius 3 is 2.34 bits per heavy atom. The van der Waals surface area contributed by atoms with Gasteiger partial charge in [-0.05, 0) is 54.4 Å². The van der Waals surface area contributed by atoms with E-state index < -0.39 is 11.8 Å². The van der Waals surface area contributed by atoms with Crippen LogP contribution in [0.5, 0.6) is 0 Å². The van der Waals surface area contributed by atoms with Gasteiger partial charge in [0.05, 0.1) is 0 Å². The number of hydrogen-bond donors (Lipinski definition) is 1. The fourth-order valence-electron chi connectivity index (χ4n) is 3.54. The van der Waals surface area contributed by atoms with Crippen molar-refractivity contribution in [3.05, 3.63) is 95.3 Å². The summed E-state index contributed by atoms with van der Waals surface area (Å²) in [5, 5.41) is 2.67. The van der Waals surface area contributed by atoms with Crippen LogP contribution >= 0.6 is 0 Å².